The van der Waals surface area contributed by atoms with Gasteiger partial charge in [0.2, 0.25) is 5.17 Å². The fourth-order valence-electron chi connectivity index (χ4n) is 3.70. The third-order valence-electron chi connectivity index (χ3n) is 5.16. The molecule has 160 valence electrons. The van der Waals surface area contributed by atoms with Crippen LogP contribution in [0.25, 0.3) is 11.8 Å². The number of hydrogen-bond donors (Lipinski definition) is 1. The number of nitrogens with one attached hydrogen (secondary N) is 1. The zero-order chi connectivity index (χ0) is 22.3. The largest absolute Gasteiger partial charge is 0.497 e. The van der Waals surface area contributed by atoms with E-state index in [1.807, 2.05) is 44.2 Å². The SMILES string of the molecule is COc1cccc(-n2c(C)cc(C=C3C(=N)N4N=C(CC(C)C)SC4=NC3=O)c2C)c1. The standard InChI is InChI=1S/C23H25N5O2S/c1-13(2)9-20-26-28-21(24)19(22(29)25-23(28)31-20)11-16-10-14(3)27(15(16)4)17-7-6-8-18(12-17)30-5/h6-8,10-13,24H,9H2,1-5H3. The van der Waals surface area contributed by atoms with E-state index in [4.69, 9.17) is 10.1 Å². The van der Waals surface area contributed by atoms with E-state index in [-0.39, 0.29) is 11.4 Å². The minimum atomic E-state index is -0.407. The van der Waals surface area contributed by atoms with Gasteiger partial charge in [0, 0.05) is 29.6 Å². The number of thioether (sulfide) groups is 1. The Bertz CT molecular complexity index is 1170. The summed E-state index contributed by atoms with van der Waals surface area (Å²) < 4.78 is 7.45. The van der Waals surface area contributed by atoms with Crippen molar-refractivity contribution in [2.75, 3.05) is 7.11 Å². The van der Waals surface area contributed by atoms with Crippen molar-refractivity contribution in [2.45, 2.75) is 34.1 Å². The van der Waals surface area contributed by atoms with Crippen LogP contribution in [-0.2, 0) is 4.79 Å². The Balaban J connectivity index is 1.70. The van der Waals surface area contributed by atoms with Crippen LogP contribution >= 0.6 is 11.8 Å². The first kappa shape index (κ1) is 21.1. The second-order valence-corrected chi connectivity index (χ2v) is 9.02. The number of aromatic nitrogens is 1. The number of hydrogen-bond acceptors (Lipinski definition) is 5. The Labute approximate surface area is 186 Å². The molecule has 4 rings (SSSR count). The number of rotatable bonds is 5. The van der Waals surface area contributed by atoms with Crippen LogP contribution in [0.3, 0.4) is 0 Å². The van der Waals surface area contributed by atoms with Crippen LogP contribution in [0.1, 0.15) is 37.2 Å². The van der Waals surface area contributed by atoms with Gasteiger partial charge in [-0.3, -0.25) is 10.2 Å². The van der Waals surface area contributed by atoms with Gasteiger partial charge in [0.15, 0.2) is 5.84 Å². The average Bonchev–Trinajstić information content (AvgIpc) is 3.24. The molecule has 0 atom stereocenters. The lowest BCUT2D eigenvalue weighted by Crippen LogP contribution is -2.35. The molecular formula is C23H25N5O2S. The van der Waals surface area contributed by atoms with Crippen molar-refractivity contribution in [3.8, 4) is 11.4 Å². The monoisotopic (exact) mass is 435 g/mol. The number of ether oxygens (including phenoxy) is 1. The molecule has 0 saturated heterocycles. The molecule has 0 aliphatic carbocycles. The number of hydrazone groups is 1. The van der Waals surface area contributed by atoms with Gasteiger partial charge in [0.05, 0.1) is 12.7 Å². The van der Waals surface area contributed by atoms with E-state index in [2.05, 4.69) is 28.5 Å². The molecule has 0 unspecified atom stereocenters. The fraction of sp³-hybridized carbons (Fsp3) is 0.304. The molecule has 0 spiro atoms. The maximum absolute atomic E-state index is 12.7. The summed E-state index contributed by atoms with van der Waals surface area (Å²) in [7, 11) is 1.64. The number of carbonyl (C=O) groups is 1. The second kappa shape index (κ2) is 8.19. The highest BCUT2D eigenvalue weighted by Gasteiger charge is 2.35. The minimum absolute atomic E-state index is 0.0624. The van der Waals surface area contributed by atoms with Crippen molar-refractivity contribution in [3.63, 3.8) is 0 Å². The summed E-state index contributed by atoms with van der Waals surface area (Å²) in [5.41, 5.74) is 4.07. The summed E-state index contributed by atoms with van der Waals surface area (Å²) in [6.07, 6.45) is 2.53. The Morgan fingerprint density at radius 1 is 1.26 bits per heavy atom. The number of benzene rings is 1. The summed E-state index contributed by atoms with van der Waals surface area (Å²) in [5, 5.41) is 15.9. The maximum Gasteiger partial charge on any atom is 0.283 e. The molecule has 2 aliphatic heterocycles. The highest BCUT2D eigenvalue weighted by Crippen LogP contribution is 2.31. The van der Waals surface area contributed by atoms with Gasteiger partial charge in [0.1, 0.15) is 10.8 Å². The lowest BCUT2D eigenvalue weighted by atomic mass is 10.1. The molecule has 31 heavy (non-hydrogen) atoms. The molecule has 1 N–H and O–H groups in total. The number of aryl methyl sites for hydroxylation is 1. The number of amidine groups is 2. The van der Waals surface area contributed by atoms with E-state index in [1.165, 1.54) is 16.8 Å². The lowest BCUT2D eigenvalue weighted by Gasteiger charge is -2.20. The van der Waals surface area contributed by atoms with Crippen LogP contribution in [0.2, 0.25) is 0 Å². The van der Waals surface area contributed by atoms with Gasteiger partial charge in [-0.05, 0) is 61.4 Å². The molecule has 0 fully saturated rings. The van der Waals surface area contributed by atoms with Gasteiger partial charge in [-0.2, -0.15) is 15.1 Å². The summed E-state index contributed by atoms with van der Waals surface area (Å²) in [4.78, 5) is 16.9. The highest BCUT2D eigenvalue weighted by molar-refractivity contribution is 8.26. The zero-order valence-electron chi connectivity index (χ0n) is 18.3. The summed E-state index contributed by atoms with van der Waals surface area (Å²) in [5.74, 6) is 0.871. The Kier molecular flexibility index (Phi) is 5.58. The van der Waals surface area contributed by atoms with E-state index in [0.29, 0.717) is 11.1 Å². The first-order valence-corrected chi connectivity index (χ1v) is 10.9. The zero-order valence-corrected chi connectivity index (χ0v) is 19.1. The number of carbonyl (C=O) groups excluding carboxylic acids is 1. The van der Waals surface area contributed by atoms with Crippen LogP contribution in [0, 0.1) is 25.2 Å². The Hall–Kier alpha value is -3.13. The van der Waals surface area contributed by atoms with Gasteiger partial charge in [-0.25, -0.2) is 0 Å². The van der Waals surface area contributed by atoms with Gasteiger partial charge in [-0.15, -0.1) is 0 Å². The van der Waals surface area contributed by atoms with Crippen LogP contribution < -0.4 is 4.74 Å². The summed E-state index contributed by atoms with van der Waals surface area (Å²) in [6.45, 7) is 8.23. The molecule has 1 amide bonds. The van der Waals surface area contributed by atoms with Crippen LogP contribution in [0.4, 0.5) is 0 Å². The third kappa shape index (κ3) is 3.95. The highest BCUT2D eigenvalue weighted by atomic mass is 32.2. The molecule has 1 aromatic heterocycles. The van der Waals surface area contributed by atoms with E-state index in [0.717, 1.165) is 39.9 Å². The molecule has 7 nitrogen and oxygen atoms in total. The van der Waals surface area contributed by atoms with E-state index >= 15 is 0 Å². The number of aliphatic imine (C=N–C) groups is 1. The molecule has 8 heteroatoms. The normalized spacial score (nSPS) is 17.4. The number of nitrogens with zero attached hydrogens (tertiary/aromatic N) is 4. The molecule has 0 saturated carbocycles. The molecule has 3 heterocycles. The average molecular weight is 436 g/mol. The van der Waals surface area contributed by atoms with Crippen molar-refractivity contribution >= 4 is 39.8 Å². The summed E-state index contributed by atoms with van der Waals surface area (Å²) in [6, 6.07) is 9.83. The van der Waals surface area contributed by atoms with E-state index < -0.39 is 5.91 Å². The van der Waals surface area contributed by atoms with Gasteiger partial charge in [0.25, 0.3) is 5.91 Å². The van der Waals surface area contributed by atoms with Crippen molar-refractivity contribution in [2.24, 2.45) is 16.0 Å². The number of fused-ring (bicyclic) bond motifs is 1. The van der Waals surface area contributed by atoms with Crippen molar-refractivity contribution < 1.29 is 9.53 Å². The lowest BCUT2D eigenvalue weighted by molar-refractivity contribution is -0.114. The predicted octanol–water partition coefficient (Wildman–Crippen LogP) is 4.77. The molecular weight excluding hydrogens is 410 g/mol. The Morgan fingerprint density at radius 3 is 2.74 bits per heavy atom. The topological polar surface area (TPSA) is 83.0 Å². The van der Waals surface area contributed by atoms with Crippen molar-refractivity contribution in [3.05, 3.63) is 52.9 Å². The smallest absolute Gasteiger partial charge is 0.283 e. The molecule has 2 aliphatic rings. The first-order chi connectivity index (χ1) is 14.8. The fourth-order valence-corrected chi connectivity index (χ4v) is 4.80. The predicted molar refractivity (Wildman–Crippen MR) is 126 cm³/mol. The third-order valence-corrected chi connectivity index (χ3v) is 6.09. The van der Waals surface area contributed by atoms with Crippen LogP contribution in [-0.4, -0.2) is 38.6 Å². The molecule has 0 radical (unpaired) electrons. The van der Waals surface area contributed by atoms with Gasteiger partial charge in [-0.1, -0.05) is 19.9 Å². The van der Waals surface area contributed by atoms with Crippen molar-refractivity contribution in [1.29, 1.82) is 5.41 Å². The van der Waals surface area contributed by atoms with E-state index in [1.54, 1.807) is 13.2 Å². The molecule has 0 bridgehead atoms. The first-order valence-electron chi connectivity index (χ1n) is 10.1. The van der Waals surface area contributed by atoms with Gasteiger partial charge >= 0.3 is 0 Å². The van der Waals surface area contributed by atoms with Gasteiger partial charge < -0.3 is 9.30 Å². The molecule has 1 aromatic carbocycles. The second-order valence-electron chi connectivity index (χ2n) is 7.98. The van der Waals surface area contributed by atoms with Crippen molar-refractivity contribution in [1.82, 2.24) is 9.58 Å². The van der Waals surface area contributed by atoms with E-state index in [9.17, 15) is 4.79 Å². The number of amides is 1. The Morgan fingerprint density at radius 2 is 2.03 bits per heavy atom. The maximum atomic E-state index is 12.7. The summed E-state index contributed by atoms with van der Waals surface area (Å²) >= 11 is 1.37. The number of methoxy groups -OCH3 is 1. The van der Waals surface area contributed by atoms with Crippen LogP contribution in [0.15, 0.2) is 46.0 Å². The molecule has 2 aromatic rings. The van der Waals surface area contributed by atoms with Crippen LogP contribution in [0.5, 0.6) is 5.75 Å². The quantitative estimate of drug-likeness (QED) is 0.686. The minimum Gasteiger partial charge on any atom is -0.497 e.